The van der Waals surface area contributed by atoms with Gasteiger partial charge in [0, 0.05) is 24.5 Å². The second kappa shape index (κ2) is 16.5. The van der Waals surface area contributed by atoms with Crippen LogP contribution in [0.2, 0.25) is 5.02 Å². The summed E-state index contributed by atoms with van der Waals surface area (Å²) in [5.41, 5.74) is 2.66. The van der Waals surface area contributed by atoms with Crippen molar-refractivity contribution in [3.05, 3.63) is 125 Å². The van der Waals surface area contributed by atoms with E-state index in [-0.39, 0.29) is 35.4 Å². The molecule has 0 aliphatic rings. The van der Waals surface area contributed by atoms with Gasteiger partial charge in [0.25, 0.3) is 10.0 Å². The van der Waals surface area contributed by atoms with E-state index in [1.54, 1.807) is 61.5 Å². The van der Waals surface area contributed by atoms with Crippen LogP contribution in [0.4, 0.5) is 5.69 Å². The summed E-state index contributed by atoms with van der Waals surface area (Å²) in [5, 5.41) is 3.48. The SMILES string of the molecule is CCOc1ccccc1N(CC(=O)N(Cc1cccc(Cl)c1)[C@H](Cc1ccccc1)C(=O)NCC(C)C)S(=O)(=O)c1ccc(C)cc1. The summed E-state index contributed by atoms with van der Waals surface area (Å²) in [4.78, 5) is 30.1. The van der Waals surface area contributed by atoms with Crippen LogP contribution in [-0.4, -0.2) is 50.9 Å². The average Bonchev–Trinajstić information content (AvgIpc) is 3.05. The van der Waals surface area contributed by atoms with E-state index in [4.69, 9.17) is 16.3 Å². The van der Waals surface area contributed by atoms with E-state index < -0.39 is 28.5 Å². The first-order valence-electron chi connectivity index (χ1n) is 15.7. The largest absolute Gasteiger partial charge is 0.492 e. The molecule has 4 rings (SSSR count). The number of hydrogen-bond acceptors (Lipinski definition) is 5. The van der Waals surface area contributed by atoms with Gasteiger partial charge in [-0.3, -0.25) is 13.9 Å². The summed E-state index contributed by atoms with van der Waals surface area (Å²) < 4.78 is 35.6. The van der Waals surface area contributed by atoms with Crippen LogP contribution in [0.15, 0.2) is 108 Å². The third kappa shape index (κ3) is 9.59. The predicted molar refractivity (Wildman–Crippen MR) is 187 cm³/mol. The molecular weight excluding hydrogens is 634 g/mol. The molecule has 0 heterocycles. The minimum absolute atomic E-state index is 0.0253. The Morgan fingerprint density at radius 3 is 2.19 bits per heavy atom. The highest BCUT2D eigenvalue weighted by atomic mass is 35.5. The van der Waals surface area contributed by atoms with Crippen molar-refractivity contribution in [1.29, 1.82) is 0 Å². The third-order valence-electron chi connectivity index (χ3n) is 7.52. The first-order chi connectivity index (χ1) is 22.5. The van der Waals surface area contributed by atoms with Crippen LogP contribution in [0, 0.1) is 12.8 Å². The van der Waals surface area contributed by atoms with Crippen LogP contribution in [0.5, 0.6) is 5.75 Å². The van der Waals surface area contributed by atoms with Gasteiger partial charge in [0.2, 0.25) is 11.8 Å². The molecule has 1 atom stereocenters. The van der Waals surface area contributed by atoms with Crippen LogP contribution >= 0.6 is 11.6 Å². The van der Waals surface area contributed by atoms with Gasteiger partial charge in [0.1, 0.15) is 18.3 Å². The van der Waals surface area contributed by atoms with Crippen molar-refractivity contribution in [1.82, 2.24) is 10.2 Å². The number of nitrogens with zero attached hydrogens (tertiary/aromatic N) is 2. The summed E-state index contributed by atoms with van der Waals surface area (Å²) >= 11 is 6.33. The molecule has 0 aliphatic heterocycles. The van der Waals surface area contributed by atoms with Gasteiger partial charge >= 0.3 is 0 Å². The van der Waals surface area contributed by atoms with Crippen molar-refractivity contribution in [2.45, 2.75) is 51.6 Å². The fourth-order valence-corrected chi connectivity index (χ4v) is 6.74. The third-order valence-corrected chi connectivity index (χ3v) is 9.53. The van der Waals surface area contributed by atoms with Crippen molar-refractivity contribution < 1.29 is 22.7 Å². The molecule has 4 aromatic rings. The Morgan fingerprint density at radius 1 is 0.872 bits per heavy atom. The summed E-state index contributed by atoms with van der Waals surface area (Å²) in [5.74, 6) is -0.401. The predicted octanol–water partition coefficient (Wildman–Crippen LogP) is 6.65. The number of anilines is 1. The normalized spacial score (nSPS) is 12.0. The number of ether oxygens (including phenoxy) is 1. The molecule has 0 saturated heterocycles. The van der Waals surface area contributed by atoms with Crippen LogP contribution in [-0.2, 0) is 32.6 Å². The number of carbonyl (C=O) groups is 2. The molecule has 0 unspecified atom stereocenters. The van der Waals surface area contributed by atoms with Gasteiger partial charge in [-0.1, -0.05) is 97.7 Å². The number of para-hydroxylation sites is 2. The van der Waals surface area contributed by atoms with Gasteiger partial charge in [-0.05, 0) is 67.3 Å². The van der Waals surface area contributed by atoms with E-state index in [0.717, 1.165) is 15.4 Å². The Bertz CT molecular complexity index is 1750. The smallest absolute Gasteiger partial charge is 0.264 e. The number of rotatable bonds is 15. The van der Waals surface area contributed by atoms with Gasteiger partial charge < -0.3 is 15.0 Å². The maximum Gasteiger partial charge on any atom is 0.264 e. The average molecular weight is 676 g/mol. The van der Waals surface area contributed by atoms with Gasteiger partial charge in [-0.2, -0.15) is 0 Å². The molecular formula is C37H42ClN3O5S. The first-order valence-corrected chi connectivity index (χ1v) is 17.5. The lowest BCUT2D eigenvalue weighted by Gasteiger charge is -2.34. The van der Waals surface area contributed by atoms with Crippen molar-refractivity contribution in [2.24, 2.45) is 5.92 Å². The number of halogens is 1. The molecule has 2 amide bonds. The summed E-state index contributed by atoms with van der Waals surface area (Å²) in [6, 6.07) is 28.7. The van der Waals surface area contributed by atoms with Gasteiger partial charge in [0.05, 0.1) is 17.2 Å². The van der Waals surface area contributed by atoms with Crippen molar-refractivity contribution in [2.75, 3.05) is 24.0 Å². The topological polar surface area (TPSA) is 96.0 Å². The van der Waals surface area contributed by atoms with Crippen LogP contribution in [0.1, 0.15) is 37.5 Å². The molecule has 8 nitrogen and oxygen atoms in total. The monoisotopic (exact) mass is 675 g/mol. The lowest BCUT2D eigenvalue weighted by Crippen LogP contribution is -2.53. The van der Waals surface area contributed by atoms with E-state index in [0.29, 0.717) is 29.5 Å². The zero-order valence-corrected chi connectivity index (χ0v) is 28.8. The zero-order valence-electron chi connectivity index (χ0n) is 27.2. The molecule has 10 heteroatoms. The Balaban J connectivity index is 1.83. The molecule has 248 valence electrons. The highest BCUT2D eigenvalue weighted by Gasteiger charge is 2.35. The molecule has 4 aromatic carbocycles. The summed E-state index contributed by atoms with van der Waals surface area (Å²) in [7, 11) is -4.26. The lowest BCUT2D eigenvalue weighted by atomic mass is 10.0. The highest BCUT2D eigenvalue weighted by molar-refractivity contribution is 7.92. The van der Waals surface area contributed by atoms with Crippen LogP contribution in [0.3, 0.4) is 0 Å². The number of nitrogens with one attached hydrogen (secondary N) is 1. The molecule has 1 N–H and O–H groups in total. The summed E-state index contributed by atoms with van der Waals surface area (Å²) in [6.07, 6.45) is 0.220. The van der Waals surface area contributed by atoms with E-state index >= 15 is 0 Å². The minimum atomic E-state index is -4.26. The van der Waals surface area contributed by atoms with Crippen molar-refractivity contribution in [3.8, 4) is 5.75 Å². The fourth-order valence-electron chi connectivity index (χ4n) is 5.10. The van der Waals surface area contributed by atoms with E-state index in [1.807, 2.05) is 57.2 Å². The van der Waals surface area contributed by atoms with E-state index in [1.165, 1.54) is 17.0 Å². The molecule has 0 saturated carbocycles. The Labute approximate surface area is 283 Å². The molecule has 0 spiro atoms. The first kappa shape index (κ1) is 35.5. The Morgan fingerprint density at radius 2 is 1.53 bits per heavy atom. The molecule has 0 fully saturated rings. The zero-order chi connectivity index (χ0) is 34.0. The second-order valence-electron chi connectivity index (χ2n) is 11.7. The molecule has 0 radical (unpaired) electrons. The summed E-state index contributed by atoms with van der Waals surface area (Å²) in [6.45, 7) is 7.81. The quantitative estimate of drug-likeness (QED) is 0.152. The van der Waals surface area contributed by atoms with Gasteiger partial charge in [-0.15, -0.1) is 0 Å². The van der Waals surface area contributed by atoms with E-state index in [2.05, 4.69) is 5.32 Å². The number of carbonyl (C=O) groups excluding carboxylic acids is 2. The maximum atomic E-state index is 14.7. The lowest BCUT2D eigenvalue weighted by molar-refractivity contribution is -0.140. The number of sulfonamides is 1. The minimum Gasteiger partial charge on any atom is -0.492 e. The molecule has 47 heavy (non-hydrogen) atoms. The van der Waals surface area contributed by atoms with Crippen molar-refractivity contribution >= 4 is 39.1 Å². The number of aryl methyl sites for hydroxylation is 1. The number of hydrogen-bond donors (Lipinski definition) is 1. The van der Waals surface area contributed by atoms with Crippen LogP contribution in [0.25, 0.3) is 0 Å². The van der Waals surface area contributed by atoms with Crippen LogP contribution < -0.4 is 14.4 Å². The molecule has 0 aliphatic carbocycles. The van der Waals surface area contributed by atoms with Crippen molar-refractivity contribution in [3.63, 3.8) is 0 Å². The number of benzene rings is 4. The molecule has 0 aromatic heterocycles. The standard InChI is InChI=1S/C37H42ClN3O5S/c1-5-46-35-17-10-9-16-33(35)41(47(44,45)32-20-18-28(4)19-21-32)26-36(42)40(25-30-14-11-15-31(38)22-30)34(37(43)39-24-27(2)3)23-29-12-7-6-8-13-29/h6-22,27,34H,5,23-26H2,1-4H3,(H,39,43)/t34-/m1/s1. The Hall–Kier alpha value is -4.34. The Kier molecular flexibility index (Phi) is 12.4. The second-order valence-corrected chi connectivity index (χ2v) is 14.0. The number of amides is 2. The fraction of sp³-hybridized carbons (Fsp3) is 0.297. The van der Waals surface area contributed by atoms with Gasteiger partial charge in [-0.25, -0.2) is 8.42 Å². The van der Waals surface area contributed by atoms with E-state index in [9.17, 15) is 18.0 Å². The maximum absolute atomic E-state index is 14.7. The highest BCUT2D eigenvalue weighted by Crippen LogP contribution is 2.33. The molecule has 0 bridgehead atoms. The van der Waals surface area contributed by atoms with Gasteiger partial charge in [0.15, 0.2) is 0 Å².